The summed E-state index contributed by atoms with van der Waals surface area (Å²) in [6, 6.07) is 17.9. The predicted molar refractivity (Wildman–Crippen MR) is 117 cm³/mol. The molecule has 0 aliphatic carbocycles. The quantitative estimate of drug-likeness (QED) is 0.544. The molecule has 0 spiro atoms. The molecule has 154 valence electrons. The highest BCUT2D eigenvalue weighted by Gasteiger charge is 2.35. The molecule has 2 aromatic carbocycles. The molecule has 2 atom stereocenters. The summed E-state index contributed by atoms with van der Waals surface area (Å²) in [5, 5.41) is 0. The third-order valence-corrected chi connectivity index (χ3v) is 5.58. The van der Waals surface area contributed by atoms with Gasteiger partial charge in [0.15, 0.2) is 11.5 Å². The van der Waals surface area contributed by atoms with Crippen LogP contribution in [0.1, 0.15) is 47.8 Å². The fourth-order valence-electron chi connectivity index (χ4n) is 3.93. The van der Waals surface area contributed by atoms with Crippen molar-refractivity contribution in [2.75, 3.05) is 12.0 Å². The van der Waals surface area contributed by atoms with Gasteiger partial charge < -0.3 is 14.4 Å². The first-order valence-electron chi connectivity index (χ1n) is 10.2. The van der Waals surface area contributed by atoms with Crippen LogP contribution in [-0.2, 0) is 6.42 Å². The van der Waals surface area contributed by atoms with Crippen molar-refractivity contribution < 1.29 is 14.3 Å². The number of methoxy groups -OCH3 is 1. The molecule has 4 rings (SSSR count). The van der Waals surface area contributed by atoms with Crippen molar-refractivity contribution in [3.63, 3.8) is 0 Å². The van der Waals surface area contributed by atoms with Crippen molar-refractivity contribution in [2.45, 2.75) is 38.8 Å². The van der Waals surface area contributed by atoms with Crippen LogP contribution in [0.5, 0.6) is 11.5 Å². The summed E-state index contributed by atoms with van der Waals surface area (Å²) in [6.07, 6.45) is 5.19. The van der Waals surface area contributed by atoms with Crippen molar-refractivity contribution in [1.82, 2.24) is 4.98 Å². The Morgan fingerprint density at radius 2 is 1.90 bits per heavy atom. The number of hydrogen-bond donors (Lipinski definition) is 0. The topological polar surface area (TPSA) is 51.7 Å². The summed E-state index contributed by atoms with van der Waals surface area (Å²) in [4.78, 5) is 18.9. The van der Waals surface area contributed by atoms with Gasteiger partial charge in [-0.3, -0.25) is 9.78 Å². The van der Waals surface area contributed by atoms with Gasteiger partial charge in [0.05, 0.1) is 24.8 Å². The molecule has 0 saturated carbocycles. The van der Waals surface area contributed by atoms with E-state index in [1.54, 1.807) is 24.4 Å². The molecule has 0 N–H and O–H groups in total. The van der Waals surface area contributed by atoms with E-state index in [1.807, 2.05) is 37.3 Å². The van der Waals surface area contributed by atoms with Gasteiger partial charge in [-0.15, -0.1) is 0 Å². The molecule has 1 aliphatic rings. The second kappa shape index (κ2) is 8.57. The minimum Gasteiger partial charge on any atom is -0.493 e. The Labute approximate surface area is 177 Å². The zero-order valence-corrected chi connectivity index (χ0v) is 17.5. The number of hydrogen-bond acceptors (Lipinski definition) is 4. The maximum Gasteiger partial charge on any atom is 0.260 e. The van der Waals surface area contributed by atoms with E-state index in [0.717, 1.165) is 24.1 Å². The average molecular weight is 402 g/mol. The van der Waals surface area contributed by atoms with Crippen LogP contribution >= 0.6 is 0 Å². The zero-order chi connectivity index (χ0) is 21.1. The maximum absolute atomic E-state index is 13.0. The summed E-state index contributed by atoms with van der Waals surface area (Å²) in [6.45, 7) is 4.08. The van der Waals surface area contributed by atoms with Crippen LogP contribution in [-0.4, -0.2) is 24.1 Å². The fraction of sp³-hybridized carbons (Fsp3) is 0.280. The van der Waals surface area contributed by atoms with Gasteiger partial charge >= 0.3 is 0 Å². The molecule has 3 aromatic rings. The largest absolute Gasteiger partial charge is 0.493 e. The molecule has 1 aliphatic heterocycles. The van der Waals surface area contributed by atoms with E-state index in [-0.39, 0.29) is 18.1 Å². The molecule has 0 bridgehead atoms. The van der Waals surface area contributed by atoms with Crippen molar-refractivity contribution in [3.8, 4) is 11.5 Å². The number of aryl methyl sites for hydroxylation is 1. The normalized spacial score (nSPS) is 16.3. The number of anilines is 1. The molecular weight excluding hydrogens is 376 g/mol. The van der Waals surface area contributed by atoms with E-state index in [1.165, 1.54) is 5.56 Å². The summed E-state index contributed by atoms with van der Waals surface area (Å²) in [5.74, 6) is 1.26. The second-order valence-corrected chi connectivity index (χ2v) is 7.60. The molecule has 1 aromatic heterocycles. The second-order valence-electron chi connectivity index (χ2n) is 7.60. The van der Waals surface area contributed by atoms with E-state index in [2.05, 4.69) is 36.2 Å². The van der Waals surface area contributed by atoms with Gasteiger partial charge in [-0.1, -0.05) is 30.3 Å². The lowest BCUT2D eigenvalue weighted by Gasteiger charge is -2.24. The molecular formula is C25H26N2O3. The molecule has 0 saturated heterocycles. The standard InChI is InChI=1S/C25H26N2O3/c1-17(9-10-19-7-5-4-6-8-19)30-24-15-20(11-12-23(24)29-3)27-18(2)21-13-14-26-16-22(21)25(27)28/h4-8,11-18H,9-10H2,1-3H3. The fourth-order valence-corrected chi connectivity index (χ4v) is 3.93. The van der Waals surface area contributed by atoms with Gasteiger partial charge in [0.2, 0.25) is 0 Å². The number of nitrogens with zero attached hydrogens (tertiary/aromatic N) is 2. The predicted octanol–water partition coefficient (Wildman–Crippen LogP) is 5.21. The Balaban J connectivity index is 1.53. The first-order valence-corrected chi connectivity index (χ1v) is 10.2. The number of aromatic nitrogens is 1. The molecule has 2 unspecified atom stereocenters. The van der Waals surface area contributed by atoms with Gasteiger partial charge in [-0.05, 0) is 56.0 Å². The van der Waals surface area contributed by atoms with E-state index in [4.69, 9.17) is 9.47 Å². The molecule has 5 nitrogen and oxygen atoms in total. The van der Waals surface area contributed by atoms with Gasteiger partial charge in [0.1, 0.15) is 0 Å². The first kappa shape index (κ1) is 20.0. The third kappa shape index (κ3) is 3.88. The number of pyridine rings is 1. The Kier molecular flexibility index (Phi) is 5.70. The summed E-state index contributed by atoms with van der Waals surface area (Å²) < 4.78 is 11.7. The Morgan fingerprint density at radius 1 is 1.10 bits per heavy atom. The van der Waals surface area contributed by atoms with Crippen molar-refractivity contribution in [3.05, 3.63) is 83.7 Å². The van der Waals surface area contributed by atoms with Gasteiger partial charge in [0.25, 0.3) is 5.91 Å². The minimum absolute atomic E-state index is 0.00227. The molecule has 30 heavy (non-hydrogen) atoms. The van der Waals surface area contributed by atoms with E-state index < -0.39 is 0 Å². The Hall–Kier alpha value is -3.34. The minimum atomic E-state index is -0.0627. The lowest BCUT2D eigenvalue weighted by molar-refractivity contribution is 0.0992. The molecule has 1 amide bonds. The van der Waals surface area contributed by atoms with Crippen LogP contribution < -0.4 is 14.4 Å². The molecule has 0 fully saturated rings. The van der Waals surface area contributed by atoms with Crippen molar-refractivity contribution in [2.24, 2.45) is 0 Å². The van der Waals surface area contributed by atoms with Gasteiger partial charge in [-0.25, -0.2) is 0 Å². The molecule has 2 heterocycles. The van der Waals surface area contributed by atoms with E-state index in [9.17, 15) is 4.79 Å². The summed E-state index contributed by atoms with van der Waals surface area (Å²) in [7, 11) is 1.63. The number of fused-ring (bicyclic) bond motifs is 1. The summed E-state index contributed by atoms with van der Waals surface area (Å²) >= 11 is 0. The highest BCUT2D eigenvalue weighted by atomic mass is 16.5. The number of amides is 1. The number of ether oxygens (including phenoxy) is 2. The van der Waals surface area contributed by atoms with Crippen LogP contribution in [0.25, 0.3) is 0 Å². The zero-order valence-electron chi connectivity index (χ0n) is 17.5. The maximum atomic E-state index is 13.0. The monoisotopic (exact) mass is 402 g/mol. The lowest BCUT2D eigenvalue weighted by atomic mass is 10.1. The molecule has 5 heteroatoms. The van der Waals surface area contributed by atoms with Crippen LogP contribution in [0.15, 0.2) is 67.0 Å². The molecule has 0 radical (unpaired) electrons. The highest BCUT2D eigenvalue weighted by Crippen LogP contribution is 2.40. The average Bonchev–Trinajstić information content (AvgIpc) is 3.03. The SMILES string of the molecule is COc1ccc(N2C(=O)c3cnccc3C2C)cc1OC(C)CCc1ccccc1. The van der Waals surface area contributed by atoms with Gasteiger partial charge in [0, 0.05) is 24.1 Å². The first-order chi connectivity index (χ1) is 14.6. The summed E-state index contributed by atoms with van der Waals surface area (Å²) in [5.41, 5.74) is 3.72. The van der Waals surface area contributed by atoms with Crippen LogP contribution in [0.3, 0.4) is 0 Å². The number of carbonyl (C=O) groups is 1. The Bertz CT molecular complexity index is 1040. The third-order valence-electron chi connectivity index (χ3n) is 5.58. The number of carbonyl (C=O) groups excluding carboxylic acids is 1. The lowest BCUT2D eigenvalue weighted by Crippen LogP contribution is -2.26. The number of benzene rings is 2. The van der Waals surface area contributed by atoms with Crippen molar-refractivity contribution >= 4 is 11.6 Å². The number of rotatable bonds is 7. The highest BCUT2D eigenvalue weighted by molar-refractivity contribution is 6.10. The van der Waals surface area contributed by atoms with Crippen molar-refractivity contribution in [1.29, 1.82) is 0 Å². The van der Waals surface area contributed by atoms with Gasteiger partial charge in [-0.2, -0.15) is 0 Å². The smallest absolute Gasteiger partial charge is 0.260 e. The van der Waals surface area contributed by atoms with Crippen LogP contribution in [0.2, 0.25) is 0 Å². The van der Waals surface area contributed by atoms with E-state index in [0.29, 0.717) is 17.1 Å². The van der Waals surface area contributed by atoms with Crippen LogP contribution in [0, 0.1) is 0 Å². The van der Waals surface area contributed by atoms with E-state index >= 15 is 0 Å². The Morgan fingerprint density at radius 3 is 2.63 bits per heavy atom. The van der Waals surface area contributed by atoms with Crippen LogP contribution in [0.4, 0.5) is 5.69 Å².